The van der Waals surface area contributed by atoms with Crippen LogP contribution in [0.3, 0.4) is 0 Å². The Bertz CT molecular complexity index is 529. The van der Waals surface area contributed by atoms with Crippen LogP contribution in [0.25, 0.3) is 6.08 Å². The molecule has 0 saturated carbocycles. The number of hydrogen-bond acceptors (Lipinski definition) is 3. The van der Waals surface area contributed by atoms with E-state index < -0.39 is 0 Å². The number of rotatable bonds is 6. The second-order valence-corrected chi connectivity index (χ2v) is 4.35. The standard InChI is InChI=1S/C16H19NO2/c1-13-10-15(19-16(13)11-17)12-18-9-5-8-14-6-3-2-4-7-14/h2-8,10H,9,11-12,17H2,1H3. The highest BCUT2D eigenvalue weighted by molar-refractivity contribution is 5.48. The van der Waals surface area contributed by atoms with Gasteiger partial charge in [0.2, 0.25) is 0 Å². The van der Waals surface area contributed by atoms with Gasteiger partial charge in [0.1, 0.15) is 18.1 Å². The van der Waals surface area contributed by atoms with E-state index in [9.17, 15) is 0 Å². The van der Waals surface area contributed by atoms with Crippen molar-refractivity contribution in [1.82, 2.24) is 0 Å². The lowest BCUT2D eigenvalue weighted by Crippen LogP contribution is -1.95. The van der Waals surface area contributed by atoms with Crippen LogP contribution in [-0.2, 0) is 17.9 Å². The van der Waals surface area contributed by atoms with Gasteiger partial charge in [0.05, 0.1) is 13.2 Å². The largest absolute Gasteiger partial charge is 0.462 e. The molecule has 19 heavy (non-hydrogen) atoms. The molecule has 0 spiro atoms. The van der Waals surface area contributed by atoms with E-state index >= 15 is 0 Å². The van der Waals surface area contributed by atoms with Crippen molar-refractivity contribution in [1.29, 1.82) is 0 Å². The molecule has 0 unspecified atom stereocenters. The maximum atomic E-state index is 5.56. The normalized spacial score (nSPS) is 11.3. The maximum Gasteiger partial charge on any atom is 0.130 e. The third-order valence-electron chi connectivity index (χ3n) is 2.83. The van der Waals surface area contributed by atoms with Crippen LogP contribution in [0.2, 0.25) is 0 Å². The second-order valence-electron chi connectivity index (χ2n) is 4.35. The summed E-state index contributed by atoms with van der Waals surface area (Å²) in [5.41, 5.74) is 7.81. The zero-order valence-electron chi connectivity index (χ0n) is 11.1. The highest BCUT2D eigenvalue weighted by Crippen LogP contribution is 2.14. The monoisotopic (exact) mass is 257 g/mol. The van der Waals surface area contributed by atoms with Crippen LogP contribution in [0, 0.1) is 6.92 Å². The van der Waals surface area contributed by atoms with Crippen molar-refractivity contribution in [3.63, 3.8) is 0 Å². The Kier molecular flexibility index (Phi) is 4.95. The first-order chi connectivity index (χ1) is 9.29. The van der Waals surface area contributed by atoms with Gasteiger partial charge in [-0.3, -0.25) is 0 Å². The summed E-state index contributed by atoms with van der Waals surface area (Å²) in [5.74, 6) is 1.66. The lowest BCUT2D eigenvalue weighted by molar-refractivity contribution is 0.131. The van der Waals surface area contributed by atoms with Crippen molar-refractivity contribution < 1.29 is 9.15 Å². The van der Waals surface area contributed by atoms with Crippen LogP contribution >= 0.6 is 0 Å². The van der Waals surface area contributed by atoms with E-state index in [4.69, 9.17) is 14.9 Å². The molecular weight excluding hydrogens is 238 g/mol. The predicted molar refractivity (Wildman–Crippen MR) is 76.5 cm³/mol. The Labute approximate surface area is 113 Å². The fourth-order valence-electron chi connectivity index (χ4n) is 1.84. The van der Waals surface area contributed by atoms with Gasteiger partial charge in [-0.15, -0.1) is 0 Å². The summed E-state index contributed by atoms with van der Waals surface area (Å²) in [5, 5.41) is 0. The first kappa shape index (κ1) is 13.6. The Hall–Kier alpha value is -1.84. The molecule has 0 aliphatic carbocycles. The van der Waals surface area contributed by atoms with Gasteiger partial charge in [0.15, 0.2) is 0 Å². The second kappa shape index (κ2) is 6.92. The molecular formula is C16H19NO2. The molecule has 0 saturated heterocycles. The summed E-state index contributed by atoms with van der Waals surface area (Å²) in [6.07, 6.45) is 4.04. The molecule has 100 valence electrons. The predicted octanol–water partition coefficient (Wildman–Crippen LogP) is 3.28. The van der Waals surface area contributed by atoms with E-state index in [0.29, 0.717) is 19.8 Å². The quantitative estimate of drug-likeness (QED) is 0.808. The Morgan fingerprint density at radius 2 is 2.05 bits per heavy atom. The molecule has 0 fully saturated rings. The highest BCUT2D eigenvalue weighted by Gasteiger charge is 2.05. The van der Waals surface area contributed by atoms with Gasteiger partial charge in [-0.25, -0.2) is 0 Å². The number of aryl methyl sites for hydroxylation is 1. The zero-order chi connectivity index (χ0) is 13.5. The number of hydrogen-bond donors (Lipinski definition) is 1. The van der Waals surface area contributed by atoms with E-state index in [-0.39, 0.29) is 0 Å². The van der Waals surface area contributed by atoms with Gasteiger partial charge in [-0.2, -0.15) is 0 Å². The number of nitrogens with two attached hydrogens (primary N) is 1. The van der Waals surface area contributed by atoms with Gasteiger partial charge >= 0.3 is 0 Å². The SMILES string of the molecule is Cc1cc(COCC=Cc2ccccc2)oc1CN. The Morgan fingerprint density at radius 1 is 1.26 bits per heavy atom. The van der Waals surface area contributed by atoms with Crippen molar-refractivity contribution in [3.8, 4) is 0 Å². The van der Waals surface area contributed by atoms with Crippen molar-refractivity contribution in [2.24, 2.45) is 5.73 Å². The highest BCUT2D eigenvalue weighted by atomic mass is 16.5. The molecule has 0 aliphatic rings. The Balaban J connectivity index is 1.76. The minimum absolute atomic E-state index is 0.430. The smallest absolute Gasteiger partial charge is 0.130 e. The van der Waals surface area contributed by atoms with E-state index in [1.165, 1.54) is 5.56 Å². The van der Waals surface area contributed by atoms with Gasteiger partial charge < -0.3 is 14.9 Å². The summed E-state index contributed by atoms with van der Waals surface area (Å²) in [6, 6.07) is 12.1. The van der Waals surface area contributed by atoms with E-state index in [1.807, 2.05) is 43.3 Å². The lowest BCUT2D eigenvalue weighted by Gasteiger charge is -1.98. The molecule has 1 aromatic carbocycles. The summed E-state index contributed by atoms with van der Waals surface area (Å²) < 4.78 is 11.1. The molecule has 1 heterocycles. The number of benzene rings is 1. The van der Waals surface area contributed by atoms with E-state index in [1.54, 1.807) is 0 Å². The first-order valence-corrected chi connectivity index (χ1v) is 6.37. The van der Waals surface area contributed by atoms with Gasteiger partial charge in [-0.05, 0) is 24.1 Å². The Morgan fingerprint density at radius 3 is 2.74 bits per heavy atom. The first-order valence-electron chi connectivity index (χ1n) is 6.37. The number of ether oxygens (including phenoxy) is 1. The third-order valence-corrected chi connectivity index (χ3v) is 2.83. The third kappa shape index (κ3) is 4.09. The van der Waals surface area contributed by atoms with Crippen molar-refractivity contribution in [2.75, 3.05) is 6.61 Å². The molecule has 0 aliphatic heterocycles. The van der Waals surface area contributed by atoms with Crippen molar-refractivity contribution in [2.45, 2.75) is 20.1 Å². The van der Waals surface area contributed by atoms with E-state index in [2.05, 4.69) is 12.1 Å². The van der Waals surface area contributed by atoms with Crippen LogP contribution in [0.5, 0.6) is 0 Å². The summed E-state index contributed by atoms with van der Waals surface area (Å²) in [7, 11) is 0. The fourth-order valence-corrected chi connectivity index (χ4v) is 1.84. The summed E-state index contributed by atoms with van der Waals surface area (Å²) in [4.78, 5) is 0. The lowest BCUT2D eigenvalue weighted by atomic mass is 10.2. The van der Waals surface area contributed by atoms with Crippen molar-refractivity contribution >= 4 is 6.08 Å². The average Bonchev–Trinajstić information content (AvgIpc) is 2.80. The molecule has 1 aromatic heterocycles. The molecule has 3 nitrogen and oxygen atoms in total. The molecule has 2 aromatic rings. The van der Waals surface area contributed by atoms with Gasteiger partial charge in [-0.1, -0.05) is 42.5 Å². The molecule has 3 heteroatoms. The minimum Gasteiger partial charge on any atom is -0.462 e. The van der Waals surface area contributed by atoms with Crippen LogP contribution in [0.4, 0.5) is 0 Å². The van der Waals surface area contributed by atoms with E-state index in [0.717, 1.165) is 17.1 Å². The number of furan rings is 1. The van der Waals surface area contributed by atoms with Crippen molar-refractivity contribution in [3.05, 3.63) is 65.1 Å². The minimum atomic E-state index is 0.430. The zero-order valence-corrected chi connectivity index (χ0v) is 11.1. The average molecular weight is 257 g/mol. The summed E-state index contributed by atoms with van der Waals surface area (Å²) >= 11 is 0. The maximum absolute atomic E-state index is 5.56. The summed E-state index contributed by atoms with van der Waals surface area (Å²) in [6.45, 7) is 3.46. The van der Waals surface area contributed by atoms with Crippen LogP contribution in [0.1, 0.15) is 22.6 Å². The topological polar surface area (TPSA) is 48.4 Å². The molecule has 0 amide bonds. The molecule has 0 bridgehead atoms. The van der Waals surface area contributed by atoms with Crippen LogP contribution in [-0.4, -0.2) is 6.61 Å². The molecule has 2 rings (SSSR count). The molecule has 0 atom stereocenters. The van der Waals surface area contributed by atoms with Gasteiger partial charge in [0, 0.05) is 0 Å². The van der Waals surface area contributed by atoms with Gasteiger partial charge in [0.25, 0.3) is 0 Å². The fraction of sp³-hybridized carbons (Fsp3) is 0.250. The molecule has 0 radical (unpaired) electrons. The van der Waals surface area contributed by atoms with Crippen LogP contribution < -0.4 is 5.73 Å². The molecule has 2 N–H and O–H groups in total. The van der Waals surface area contributed by atoms with Crippen LogP contribution in [0.15, 0.2) is 46.9 Å².